The molecule has 0 unspecified atom stereocenters. The van der Waals surface area contributed by atoms with Crippen molar-refractivity contribution < 1.29 is 4.79 Å². The highest BCUT2D eigenvalue weighted by Crippen LogP contribution is 2.04. The summed E-state index contributed by atoms with van der Waals surface area (Å²) in [6.07, 6.45) is 4.14. The van der Waals surface area contributed by atoms with Crippen molar-refractivity contribution in [2.24, 2.45) is 5.73 Å². The lowest BCUT2D eigenvalue weighted by atomic mass is 10.0. The monoisotopic (exact) mass is 204 g/mol. The van der Waals surface area contributed by atoms with Crippen LogP contribution in [0.15, 0.2) is 30.3 Å². The van der Waals surface area contributed by atoms with Gasteiger partial charge >= 0.3 is 0 Å². The van der Waals surface area contributed by atoms with E-state index >= 15 is 0 Å². The summed E-state index contributed by atoms with van der Waals surface area (Å²) in [4.78, 5) is 11.5. The van der Waals surface area contributed by atoms with Gasteiger partial charge in [0.05, 0.1) is 6.04 Å². The van der Waals surface area contributed by atoms with Crippen LogP contribution in [0.4, 0.5) is 0 Å². The second kappa shape index (κ2) is 6.36. The maximum Gasteiger partial charge on any atom is 0.153 e. The molecule has 2 N–H and O–H groups in total. The van der Waals surface area contributed by atoms with Gasteiger partial charge in [-0.2, -0.15) is 0 Å². The number of hydrogen-bond donors (Lipinski definition) is 1. The molecule has 2 heteroatoms. The van der Waals surface area contributed by atoms with Crippen LogP contribution in [0.3, 0.4) is 0 Å². The van der Waals surface area contributed by atoms with Gasteiger partial charge in [-0.1, -0.05) is 43.7 Å². The maximum atomic E-state index is 11.5. The van der Waals surface area contributed by atoms with Crippen LogP contribution in [-0.2, 0) is 11.2 Å². The molecule has 1 aromatic rings. The number of Topliss-reactive ketones (excluding diaryl/α,β-unsaturated/α-hetero) is 1. The number of hydrogen-bond acceptors (Lipinski definition) is 2. The Kier molecular flexibility index (Phi) is 5.05. The molecule has 1 radical (unpaired) electrons. The number of rotatable bonds is 6. The molecular formula is C13H18NO. The summed E-state index contributed by atoms with van der Waals surface area (Å²) < 4.78 is 0. The SMILES string of the molecule is CCC[CH]C(=O)[C@@H](N)Cc1ccccc1. The maximum absolute atomic E-state index is 11.5. The van der Waals surface area contributed by atoms with Crippen LogP contribution >= 0.6 is 0 Å². The Morgan fingerprint density at radius 3 is 2.67 bits per heavy atom. The number of benzene rings is 1. The zero-order valence-electron chi connectivity index (χ0n) is 9.15. The van der Waals surface area contributed by atoms with Crippen LogP contribution in [0, 0.1) is 6.42 Å². The molecule has 0 bridgehead atoms. The molecule has 0 fully saturated rings. The largest absolute Gasteiger partial charge is 0.321 e. The lowest BCUT2D eigenvalue weighted by Crippen LogP contribution is -2.32. The van der Waals surface area contributed by atoms with Crippen molar-refractivity contribution in [1.29, 1.82) is 0 Å². The topological polar surface area (TPSA) is 43.1 Å². The normalized spacial score (nSPS) is 12.4. The number of carbonyl (C=O) groups is 1. The second-order valence-electron chi connectivity index (χ2n) is 3.69. The zero-order chi connectivity index (χ0) is 11.1. The van der Waals surface area contributed by atoms with Gasteiger partial charge in [-0.15, -0.1) is 0 Å². The lowest BCUT2D eigenvalue weighted by Gasteiger charge is -2.09. The van der Waals surface area contributed by atoms with Gasteiger partial charge < -0.3 is 5.73 Å². The minimum Gasteiger partial charge on any atom is -0.321 e. The average molecular weight is 204 g/mol. The summed E-state index contributed by atoms with van der Waals surface area (Å²) in [5.74, 6) is 0.0562. The summed E-state index contributed by atoms with van der Waals surface area (Å²) in [5, 5.41) is 0. The molecule has 0 heterocycles. The molecule has 0 saturated heterocycles. The molecule has 0 aliphatic carbocycles. The van der Waals surface area contributed by atoms with E-state index < -0.39 is 0 Å². The van der Waals surface area contributed by atoms with Gasteiger partial charge in [-0.05, 0) is 18.4 Å². The third kappa shape index (κ3) is 4.26. The quantitative estimate of drug-likeness (QED) is 0.771. The van der Waals surface area contributed by atoms with Crippen LogP contribution in [-0.4, -0.2) is 11.8 Å². The fourth-order valence-electron chi connectivity index (χ4n) is 1.41. The summed E-state index contributed by atoms with van der Waals surface area (Å²) in [5.41, 5.74) is 6.92. The summed E-state index contributed by atoms with van der Waals surface area (Å²) >= 11 is 0. The second-order valence-corrected chi connectivity index (χ2v) is 3.69. The molecule has 0 aliphatic rings. The summed E-state index contributed by atoms with van der Waals surface area (Å²) in [6.45, 7) is 2.05. The Morgan fingerprint density at radius 2 is 2.07 bits per heavy atom. The Labute approximate surface area is 91.5 Å². The van der Waals surface area contributed by atoms with Crippen LogP contribution in [0.1, 0.15) is 25.3 Å². The number of ketones is 1. The van der Waals surface area contributed by atoms with Gasteiger partial charge in [0.1, 0.15) is 0 Å². The molecular weight excluding hydrogens is 186 g/mol. The van der Waals surface area contributed by atoms with E-state index in [1.54, 1.807) is 6.42 Å². The smallest absolute Gasteiger partial charge is 0.153 e. The van der Waals surface area contributed by atoms with Crippen molar-refractivity contribution >= 4 is 5.78 Å². The Balaban J connectivity index is 2.41. The Bertz CT molecular complexity index is 295. The van der Waals surface area contributed by atoms with E-state index in [2.05, 4.69) is 0 Å². The average Bonchev–Trinajstić information content (AvgIpc) is 2.27. The molecule has 0 amide bonds. The van der Waals surface area contributed by atoms with Gasteiger partial charge in [0, 0.05) is 6.42 Å². The molecule has 0 spiro atoms. The van der Waals surface area contributed by atoms with Crippen LogP contribution in [0.5, 0.6) is 0 Å². The van der Waals surface area contributed by atoms with Gasteiger partial charge in [0.15, 0.2) is 5.78 Å². The molecule has 2 nitrogen and oxygen atoms in total. The van der Waals surface area contributed by atoms with Crippen LogP contribution in [0.25, 0.3) is 0 Å². The van der Waals surface area contributed by atoms with E-state index in [4.69, 9.17) is 5.73 Å². The molecule has 0 saturated carbocycles. The molecule has 1 rings (SSSR count). The van der Waals surface area contributed by atoms with Gasteiger partial charge in [-0.3, -0.25) is 4.79 Å². The third-order valence-electron chi connectivity index (χ3n) is 2.30. The van der Waals surface area contributed by atoms with Crippen LogP contribution < -0.4 is 5.73 Å². The predicted octanol–water partition coefficient (Wildman–Crippen LogP) is 2.13. The van der Waals surface area contributed by atoms with Gasteiger partial charge in [0.2, 0.25) is 0 Å². The third-order valence-corrected chi connectivity index (χ3v) is 2.30. The van der Waals surface area contributed by atoms with E-state index in [1.807, 2.05) is 37.3 Å². The Hall–Kier alpha value is -1.15. The number of carbonyl (C=O) groups excluding carboxylic acids is 1. The van der Waals surface area contributed by atoms with E-state index in [1.165, 1.54) is 0 Å². The van der Waals surface area contributed by atoms with Crippen molar-refractivity contribution in [3.8, 4) is 0 Å². The first-order valence-electron chi connectivity index (χ1n) is 5.40. The van der Waals surface area contributed by atoms with Gasteiger partial charge in [-0.25, -0.2) is 0 Å². The Morgan fingerprint density at radius 1 is 1.40 bits per heavy atom. The van der Waals surface area contributed by atoms with Crippen molar-refractivity contribution in [2.75, 3.05) is 0 Å². The standard InChI is InChI=1S/C13H18NO/c1-2-3-9-13(15)12(14)10-11-7-5-4-6-8-11/h4-9,12H,2-3,10,14H2,1H3/t12-/m0/s1. The number of unbranched alkanes of at least 4 members (excludes halogenated alkanes) is 1. The minimum absolute atomic E-state index is 0.0562. The van der Waals surface area contributed by atoms with Crippen molar-refractivity contribution in [3.63, 3.8) is 0 Å². The van der Waals surface area contributed by atoms with Crippen molar-refractivity contribution in [3.05, 3.63) is 42.3 Å². The highest BCUT2D eigenvalue weighted by molar-refractivity contribution is 5.91. The van der Waals surface area contributed by atoms with Crippen molar-refractivity contribution in [1.82, 2.24) is 0 Å². The predicted molar refractivity (Wildman–Crippen MR) is 62.3 cm³/mol. The molecule has 0 aromatic heterocycles. The highest BCUT2D eigenvalue weighted by Gasteiger charge is 2.13. The fraction of sp³-hybridized carbons (Fsp3) is 0.385. The molecule has 0 aliphatic heterocycles. The lowest BCUT2D eigenvalue weighted by molar-refractivity contribution is -0.117. The molecule has 1 atom stereocenters. The molecule has 81 valence electrons. The van der Waals surface area contributed by atoms with E-state index in [0.717, 1.165) is 18.4 Å². The summed E-state index contributed by atoms with van der Waals surface area (Å²) in [7, 11) is 0. The highest BCUT2D eigenvalue weighted by atomic mass is 16.1. The van der Waals surface area contributed by atoms with Crippen molar-refractivity contribution in [2.45, 2.75) is 32.2 Å². The van der Waals surface area contributed by atoms with E-state index in [9.17, 15) is 4.79 Å². The molecule has 15 heavy (non-hydrogen) atoms. The first-order valence-corrected chi connectivity index (χ1v) is 5.40. The first-order chi connectivity index (χ1) is 7.24. The van der Waals surface area contributed by atoms with Gasteiger partial charge in [0.25, 0.3) is 0 Å². The van der Waals surface area contributed by atoms with Crippen LogP contribution in [0.2, 0.25) is 0 Å². The summed E-state index contributed by atoms with van der Waals surface area (Å²) in [6, 6.07) is 9.48. The van der Waals surface area contributed by atoms with E-state index in [-0.39, 0.29) is 11.8 Å². The number of nitrogens with two attached hydrogens (primary N) is 1. The first kappa shape index (κ1) is 11.9. The minimum atomic E-state index is -0.390. The zero-order valence-corrected chi connectivity index (χ0v) is 9.15. The van der Waals surface area contributed by atoms with E-state index in [0.29, 0.717) is 6.42 Å². The molecule has 1 aromatic carbocycles. The fourth-order valence-corrected chi connectivity index (χ4v) is 1.41.